The number of nitriles is 1. The molecule has 4 rings (SSSR count). The summed E-state index contributed by atoms with van der Waals surface area (Å²) in [4.78, 5) is 12.7. The summed E-state index contributed by atoms with van der Waals surface area (Å²) >= 11 is 0. The third kappa shape index (κ3) is 2.72. The Labute approximate surface area is 141 Å². The molecule has 1 N–H and O–H groups in total. The SMILES string of the molecule is CN1CCN(c2ccc(-c3cc4ccc(C#N)cc4[nH]3)cn2)CC1. The van der Waals surface area contributed by atoms with Crippen LogP contribution in [-0.4, -0.2) is 48.1 Å². The van der Waals surface area contributed by atoms with Gasteiger partial charge in [-0.15, -0.1) is 0 Å². The lowest BCUT2D eigenvalue weighted by atomic mass is 10.1. The van der Waals surface area contributed by atoms with Crippen LogP contribution in [0.15, 0.2) is 42.6 Å². The van der Waals surface area contributed by atoms with E-state index in [1.165, 1.54) is 0 Å². The number of hydrogen-bond acceptors (Lipinski definition) is 4. The van der Waals surface area contributed by atoms with Crippen molar-refractivity contribution in [3.05, 3.63) is 48.2 Å². The molecule has 0 aliphatic carbocycles. The van der Waals surface area contributed by atoms with Gasteiger partial charge in [0.15, 0.2) is 0 Å². The first-order valence-electron chi connectivity index (χ1n) is 8.16. The molecule has 3 heterocycles. The lowest BCUT2D eigenvalue weighted by Gasteiger charge is -2.33. The maximum Gasteiger partial charge on any atom is 0.128 e. The molecular formula is C19H19N5. The van der Waals surface area contributed by atoms with Crippen LogP contribution in [0.4, 0.5) is 5.82 Å². The summed E-state index contributed by atoms with van der Waals surface area (Å²) in [5, 5.41) is 10.1. The van der Waals surface area contributed by atoms with Crippen LogP contribution in [0.2, 0.25) is 0 Å². The van der Waals surface area contributed by atoms with Gasteiger partial charge < -0.3 is 14.8 Å². The quantitative estimate of drug-likeness (QED) is 0.789. The van der Waals surface area contributed by atoms with Gasteiger partial charge in [-0.1, -0.05) is 6.07 Å². The van der Waals surface area contributed by atoms with Gasteiger partial charge in [-0.25, -0.2) is 4.98 Å². The average molecular weight is 317 g/mol. The molecule has 5 heteroatoms. The van der Waals surface area contributed by atoms with Crippen LogP contribution in [0.1, 0.15) is 5.56 Å². The van der Waals surface area contributed by atoms with Crippen molar-refractivity contribution >= 4 is 16.7 Å². The molecule has 1 aromatic carbocycles. The Balaban J connectivity index is 1.59. The Hall–Kier alpha value is -2.84. The second kappa shape index (κ2) is 5.99. The zero-order valence-electron chi connectivity index (χ0n) is 13.7. The van der Waals surface area contributed by atoms with E-state index in [2.05, 4.69) is 51.1 Å². The number of aromatic nitrogens is 2. The third-order valence-electron chi connectivity index (χ3n) is 4.64. The van der Waals surface area contributed by atoms with Gasteiger partial charge in [0.05, 0.1) is 11.6 Å². The van der Waals surface area contributed by atoms with Crippen LogP contribution in [-0.2, 0) is 0 Å². The first kappa shape index (κ1) is 14.7. The number of pyridine rings is 1. The number of anilines is 1. The Bertz CT molecular complexity index is 896. The number of nitrogens with one attached hydrogen (secondary N) is 1. The van der Waals surface area contributed by atoms with Gasteiger partial charge in [-0.05, 0) is 37.4 Å². The van der Waals surface area contributed by atoms with Gasteiger partial charge >= 0.3 is 0 Å². The molecule has 0 radical (unpaired) electrons. The summed E-state index contributed by atoms with van der Waals surface area (Å²) in [6, 6.07) is 14.2. The van der Waals surface area contributed by atoms with Gasteiger partial charge in [0.1, 0.15) is 5.82 Å². The van der Waals surface area contributed by atoms with Crippen LogP contribution in [0.25, 0.3) is 22.2 Å². The molecule has 0 atom stereocenters. The highest BCUT2D eigenvalue weighted by atomic mass is 15.3. The van der Waals surface area contributed by atoms with Crippen molar-refractivity contribution in [1.82, 2.24) is 14.9 Å². The van der Waals surface area contributed by atoms with E-state index in [-0.39, 0.29) is 0 Å². The predicted molar refractivity (Wildman–Crippen MR) is 96.0 cm³/mol. The largest absolute Gasteiger partial charge is 0.354 e. The van der Waals surface area contributed by atoms with Crippen LogP contribution in [0, 0.1) is 11.3 Å². The Morgan fingerprint density at radius 2 is 1.92 bits per heavy atom. The summed E-state index contributed by atoms with van der Waals surface area (Å²) < 4.78 is 0. The third-order valence-corrected chi connectivity index (χ3v) is 4.64. The molecule has 1 saturated heterocycles. The van der Waals surface area contributed by atoms with E-state index in [1.54, 1.807) is 0 Å². The number of hydrogen-bond donors (Lipinski definition) is 1. The monoisotopic (exact) mass is 317 g/mol. The standard InChI is InChI=1S/C19H19N5/c1-23-6-8-24(9-7-23)19-5-4-16(13-21-19)18-11-15-3-2-14(12-20)10-17(15)22-18/h2-5,10-11,13,22H,6-9H2,1H3. The minimum absolute atomic E-state index is 0.666. The zero-order chi connectivity index (χ0) is 16.5. The van der Waals surface area contributed by atoms with Crippen molar-refractivity contribution in [1.29, 1.82) is 5.26 Å². The smallest absolute Gasteiger partial charge is 0.128 e. The second-order valence-corrected chi connectivity index (χ2v) is 6.29. The van der Waals surface area contributed by atoms with E-state index in [1.807, 2.05) is 24.4 Å². The average Bonchev–Trinajstić information content (AvgIpc) is 3.05. The fourth-order valence-electron chi connectivity index (χ4n) is 3.12. The number of aromatic amines is 1. The van der Waals surface area contributed by atoms with E-state index in [0.29, 0.717) is 5.56 Å². The van der Waals surface area contributed by atoms with Gasteiger partial charge in [0.25, 0.3) is 0 Å². The van der Waals surface area contributed by atoms with Crippen molar-refractivity contribution in [3.8, 4) is 17.3 Å². The first-order chi connectivity index (χ1) is 11.7. The summed E-state index contributed by atoms with van der Waals surface area (Å²) in [5.74, 6) is 1.04. The highest BCUT2D eigenvalue weighted by Crippen LogP contribution is 2.25. The molecule has 1 aliphatic rings. The number of likely N-dealkylation sites (N-methyl/N-ethyl adjacent to an activating group) is 1. The Kier molecular flexibility index (Phi) is 3.68. The molecule has 120 valence electrons. The Morgan fingerprint density at radius 3 is 2.62 bits per heavy atom. The molecule has 24 heavy (non-hydrogen) atoms. The molecule has 0 unspecified atom stereocenters. The van der Waals surface area contributed by atoms with Gasteiger partial charge in [-0.3, -0.25) is 0 Å². The summed E-state index contributed by atoms with van der Waals surface area (Å²) in [5.41, 5.74) is 3.73. The van der Waals surface area contributed by atoms with Crippen molar-refractivity contribution in [2.24, 2.45) is 0 Å². The van der Waals surface area contributed by atoms with E-state index in [4.69, 9.17) is 5.26 Å². The molecule has 3 aromatic rings. The molecule has 0 spiro atoms. The van der Waals surface area contributed by atoms with E-state index in [9.17, 15) is 0 Å². The van der Waals surface area contributed by atoms with Gasteiger partial charge in [-0.2, -0.15) is 5.26 Å². The van der Waals surface area contributed by atoms with Crippen molar-refractivity contribution < 1.29 is 0 Å². The number of rotatable bonds is 2. The maximum atomic E-state index is 9.01. The van der Waals surface area contributed by atoms with Crippen LogP contribution in [0.5, 0.6) is 0 Å². The number of H-pyrrole nitrogens is 1. The van der Waals surface area contributed by atoms with E-state index < -0.39 is 0 Å². The topological polar surface area (TPSA) is 59.0 Å². The van der Waals surface area contributed by atoms with E-state index in [0.717, 1.165) is 54.2 Å². The highest BCUT2D eigenvalue weighted by molar-refractivity contribution is 5.86. The number of nitrogens with zero attached hydrogens (tertiary/aromatic N) is 4. The summed E-state index contributed by atoms with van der Waals surface area (Å²) in [7, 11) is 2.15. The van der Waals surface area contributed by atoms with Crippen LogP contribution in [0.3, 0.4) is 0 Å². The maximum absolute atomic E-state index is 9.01. The molecule has 0 amide bonds. The molecule has 0 saturated carbocycles. The van der Waals surface area contributed by atoms with Crippen LogP contribution >= 0.6 is 0 Å². The molecule has 2 aromatic heterocycles. The minimum atomic E-state index is 0.666. The van der Waals surface area contributed by atoms with Crippen molar-refractivity contribution in [2.45, 2.75) is 0 Å². The molecule has 5 nitrogen and oxygen atoms in total. The number of piperazine rings is 1. The number of benzene rings is 1. The number of fused-ring (bicyclic) bond motifs is 1. The molecule has 1 aliphatic heterocycles. The Morgan fingerprint density at radius 1 is 1.08 bits per heavy atom. The lowest BCUT2D eigenvalue weighted by Crippen LogP contribution is -2.44. The summed E-state index contributed by atoms with van der Waals surface area (Å²) in [6.07, 6.45) is 1.92. The molecule has 1 fully saturated rings. The van der Waals surface area contributed by atoms with E-state index >= 15 is 0 Å². The second-order valence-electron chi connectivity index (χ2n) is 6.29. The predicted octanol–water partition coefficient (Wildman–Crippen LogP) is 2.85. The zero-order valence-corrected chi connectivity index (χ0v) is 13.7. The fourth-order valence-corrected chi connectivity index (χ4v) is 3.12. The first-order valence-corrected chi connectivity index (χ1v) is 8.16. The molecular weight excluding hydrogens is 298 g/mol. The summed E-state index contributed by atoms with van der Waals surface area (Å²) in [6.45, 7) is 4.19. The highest BCUT2D eigenvalue weighted by Gasteiger charge is 2.15. The minimum Gasteiger partial charge on any atom is -0.354 e. The van der Waals surface area contributed by atoms with Gasteiger partial charge in [0.2, 0.25) is 0 Å². The molecule has 0 bridgehead atoms. The van der Waals surface area contributed by atoms with Crippen molar-refractivity contribution in [3.63, 3.8) is 0 Å². The van der Waals surface area contributed by atoms with Gasteiger partial charge in [0, 0.05) is 54.5 Å². The lowest BCUT2D eigenvalue weighted by molar-refractivity contribution is 0.312. The normalized spacial score (nSPS) is 15.6. The van der Waals surface area contributed by atoms with Crippen molar-refractivity contribution in [2.75, 3.05) is 38.1 Å². The fraction of sp³-hybridized carbons (Fsp3) is 0.263. The van der Waals surface area contributed by atoms with Crippen LogP contribution < -0.4 is 4.90 Å².